The first-order chi connectivity index (χ1) is 15.5. The maximum atomic E-state index is 12.5. The summed E-state index contributed by atoms with van der Waals surface area (Å²) >= 11 is 1.76. The highest BCUT2D eigenvalue weighted by Gasteiger charge is 2.54. The van der Waals surface area contributed by atoms with E-state index in [4.69, 9.17) is 5.73 Å². The zero-order chi connectivity index (χ0) is 24.3. The molecule has 12 nitrogen and oxygen atoms in total. The zero-order valence-corrected chi connectivity index (χ0v) is 18.9. The van der Waals surface area contributed by atoms with Crippen LogP contribution in [0, 0.1) is 0 Å². The van der Waals surface area contributed by atoms with Crippen molar-refractivity contribution in [3.8, 4) is 0 Å². The van der Waals surface area contributed by atoms with Crippen LogP contribution in [-0.4, -0.2) is 88.1 Å². The van der Waals surface area contributed by atoms with E-state index >= 15 is 0 Å². The highest BCUT2D eigenvalue weighted by Crippen LogP contribution is 2.41. The number of hydrogen-bond donors (Lipinski definition) is 3. The van der Waals surface area contributed by atoms with Gasteiger partial charge in [-0.25, -0.2) is 9.48 Å². The molecule has 0 saturated carbocycles. The fraction of sp³-hybridized carbons (Fsp3) is 0.533. The maximum absolute atomic E-state index is 12.5. The van der Waals surface area contributed by atoms with Crippen LogP contribution in [0.3, 0.4) is 0 Å². The first-order valence-electron chi connectivity index (χ1n) is 9.05. The molecule has 0 bridgehead atoms. The van der Waals surface area contributed by atoms with Gasteiger partial charge >= 0.3 is 11.5 Å². The largest absolute Gasteiger partial charge is 0.477 e. The molecule has 1 saturated heterocycles. The van der Waals surface area contributed by atoms with E-state index in [1.165, 1.54) is 16.4 Å². The number of rotatable bonds is 10. The predicted octanol–water partition coefficient (Wildman–Crippen LogP) is -0.368. The lowest BCUT2D eigenvalue weighted by molar-refractivity contribution is -0.150. The van der Waals surface area contributed by atoms with E-state index in [0.717, 1.165) is 16.7 Å². The number of aryl methyl sites for hydroxylation is 1. The van der Waals surface area contributed by atoms with E-state index < -0.39 is 58.1 Å². The number of β-lactam (4-membered cyclic amide) rings is 1. The Morgan fingerprint density at radius 1 is 1.33 bits per heavy atom. The van der Waals surface area contributed by atoms with Crippen molar-refractivity contribution >= 4 is 59.0 Å². The summed E-state index contributed by atoms with van der Waals surface area (Å²) in [6.07, 6.45) is 0.00999. The molecule has 0 aliphatic carbocycles. The quantitative estimate of drug-likeness (QED) is 0.268. The molecule has 3 amide bonds. The van der Waals surface area contributed by atoms with Crippen molar-refractivity contribution in [2.24, 2.45) is 5.73 Å². The third kappa shape index (κ3) is 6.11. The van der Waals surface area contributed by atoms with E-state index in [9.17, 15) is 37.5 Å². The van der Waals surface area contributed by atoms with Crippen LogP contribution in [0.25, 0.3) is 0 Å². The number of carbonyl (C=O) groups excluding carboxylic acids is 3. The number of nitrogens with zero attached hydrogens (tertiary/aromatic N) is 5. The van der Waals surface area contributed by atoms with Crippen molar-refractivity contribution in [3.63, 3.8) is 0 Å². The summed E-state index contributed by atoms with van der Waals surface area (Å²) in [5, 5.41) is 22.6. The zero-order valence-electron chi connectivity index (χ0n) is 16.4. The Bertz CT molecular complexity index is 1000. The number of alkyl halides is 3. The van der Waals surface area contributed by atoms with Crippen LogP contribution in [0.5, 0.6) is 0 Å². The lowest BCUT2D eigenvalue weighted by atomic mass is 10.0. The molecule has 1 fully saturated rings. The van der Waals surface area contributed by atoms with Crippen LogP contribution in [0.15, 0.2) is 16.4 Å². The van der Waals surface area contributed by atoms with E-state index in [2.05, 4.69) is 20.8 Å². The molecule has 0 radical (unpaired) electrons. The Labute approximate surface area is 196 Å². The summed E-state index contributed by atoms with van der Waals surface area (Å²) in [5.41, 5.74) is 0.682. The van der Waals surface area contributed by atoms with Crippen molar-refractivity contribution in [2.75, 3.05) is 17.3 Å². The third-order valence-corrected chi connectivity index (χ3v) is 7.49. The highest BCUT2D eigenvalue weighted by molar-refractivity contribution is 8.01. The van der Waals surface area contributed by atoms with Gasteiger partial charge in [-0.3, -0.25) is 19.3 Å². The van der Waals surface area contributed by atoms with Gasteiger partial charge in [-0.05, 0) is 27.8 Å². The smallest absolute Gasteiger partial charge is 0.442 e. The first kappa shape index (κ1) is 25.2. The molecule has 4 N–H and O–H groups in total. The van der Waals surface area contributed by atoms with Crippen LogP contribution in [0.1, 0.15) is 6.42 Å². The number of thioether (sulfide) groups is 3. The van der Waals surface area contributed by atoms with Gasteiger partial charge in [-0.2, -0.15) is 13.2 Å². The molecule has 3 heterocycles. The number of aromatic nitrogens is 4. The summed E-state index contributed by atoms with van der Waals surface area (Å²) in [7, 11) is 0. The molecule has 18 heteroatoms. The minimum atomic E-state index is -4.59. The Morgan fingerprint density at radius 2 is 2.06 bits per heavy atom. The van der Waals surface area contributed by atoms with Gasteiger partial charge in [0, 0.05) is 17.9 Å². The SMILES string of the molecule is NC(=O)CCn1nnnc1SCC1=C(C(=O)O)N2C(=O)C(NC(=O)CSC(F)(F)F)C2SC1. The second-order valence-electron chi connectivity index (χ2n) is 6.64. The molecular formula is C15H16F3N7O5S3. The van der Waals surface area contributed by atoms with Crippen molar-refractivity contribution in [1.82, 2.24) is 30.4 Å². The van der Waals surface area contributed by atoms with Gasteiger partial charge in [-0.15, -0.1) is 16.9 Å². The van der Waals surface area contributed by atoms with Crippen LogP contribution in [0.2, 0.25) is 0 Å². The van der Waals surface area contributed by atoms with E-state index in [1.807, 2.05) is 0 Å². The predicted molar refractivity (Wildman–Crippen MR) is 111 cm³/mol. The Morgan fingerprint density at radius 3 is 2.70 bits per heavy atom. The first-order valence-corrected chi connectivity index (χ1v) is 12.1. The number of halogens is 3. The van der Waals surface area contributed by atoms with Gasteiger partial charge < -0.3 is 16.2 Å². The summed E-state index contributed by atoms with van der Waals surface area (Å²) in [4.78, 5) is 48.1. The molecule has 2 atom stereocenters. The van der Waals surface area contributed by atoms with Crippen molar-refractivity contribution < 1.29 is 37.5 Å². The van der Waals surface area contributed by atoms with Crippen molar-refractivity contribution in [2.45, 2.75) is 35.0 Å². The molecular weight excluding hydrogens is 511 g/mol. The molecule has 0 spiro atoms. The summed E-state index contributed by atoms with van der Waals surface area (Å²) in [6, 6.07) is -1.11. The number of carboxylic acids is 1. The number of amides is 3. The van der Waals surface area contributed by atoms with E-state index in [1.54, 1.807) is 0 Å². The van der Waals surface area contributed by atoms with E-state index in [-0.39, 0.29) is 30.2 Å². The number of nitrogens with two attached hydrogens (primary N) is 1. The monoisotopic (exact) mass is 527 g/mol. The Kier molecular flexibility index (Phi) is 7.78. The topological polar surface area (TPSA) is 173 Å². The van der Waals surface area contributed by atoms with Gasteiger partial charge in [0.15, 0.2) is 0 Å². The van der Waals surface area contributed by atoms with Crippen LogP contribution in [0.4, 0.5) is 13.2 Å². The fourth-order valence-corrected chi connectivity index (χ4v) is 5.73. The number of hydrogen-bond acceptors (Lipinski definition) is 10. The summed E-state index contributed by atoms with van der Waals surface area (Å²) in [5.74, 6) is -4.16. The number of primary amides is 1. The number of fused-ring (bicyclic) bond motifs is 1. The number of nitrogens with one attached hydrogen (secondary N) is 1. The molecule has 2 unspecified atom stereocenters. The molecule has 2 aliphatic rings. The molecule has 3 rings (SSSR count). The molecule has 33 heavy (non-hydrogen) atoms. The fourth-order valence-electron chi connectivity index (χ4n) is 2.96. The molecule has 0 aromatic carbocycles. The standard InChI is InChI=1S/C15H16F3N7O5S3/c16-15(17,18)33-5-8(27)20-9-11(28)25-10(13(29)30)6(3-31-12(9)25)4-32-14-21-22-23-24(14)2-1-7(19)26/h9,12H,1-5H2,(H2,19,26)(H,20,27)(H,29,30). The maximum Gasteiger partial charge on any atom is 0.442 e. The third-order valence-electron chi connectivity index (χ3n) is 4.38. The second-order valence-corrected chi connectivity index (χ2v) is 9.72. The van der Waals surface area contributed by atoms with Gasteiger partial charge in [0.1, 0.15) is 17.1 Å². The van der Waals surface area contributed by atoms with Gasteiger partial charge in [0.2, 0.25) is 17.0 Å². The molecule has 180 valence electrons. The average molecular weight is 528 g/mol. The van der Waals surface area contributed by atoms with Gasteiger partial charge in [-0.1, -0.05) is 11.8 Å². The Balaban J connectivity index is 1.65. The molecule has 2 aliphatic heterocycles. The number of carbonyl (C=O) groups is 4. The summed E-state index contributed by atoms with van der Waals surface area (Å²) < 4.78 is 38.1. The number of tetrazole rings is 1. The Hall–Kier alpha value is -2.47. The minimum absolute atomic E-state index is 0.00999. The normalized spacial score (nSPS) is 20.3. The van der Waals surface area contributed by atoms with Gasteiger partial charge in [0.25, 0.3) is 5.91 Å². The second kappa shape index (κ2) is 10.2. The molecule has 1 aromatic heterocycles. The number of aliphatic carboxylic acids is 1. The molecule has 1 aromatic rings. The lowest BCUT2D eigenvalue weighted by Gasteiger charge is -2.49. The van der Waals surface area contributed by atoms with Crippen molar-refractivity contribution in [3.05, 3.63) is 11.3 Å². The number of carboxylic acid groups (broad SMARTS) is 1. The van der Waals surface area contributed by atoms with Crippen LogP contribution < -0.4 is 11.1 Å². The lowest BCUT2D eigenvalue weighted by Crippen LogP contribution is -2.70. The summed E-state index contributed by atoms with van der Waals surface area (Å²) in [6.45, 7) is 0.144. The van der Waals surface area contributed by atoms with Crippen LogP contribution >= 0.6 is 35.3 Å². The van der Waals surface area contributed by atoms with Crippen molar-refractivity contribution in [1.29, 1.82) is 0 Å². The average Bonchev–Trinajstić information content (AvgIpc) is 3.19. The minimum Gasteiger partial charge on any atom is -0.477 e. The van der Waals surface area contributed by atoms with E-state index in [0.29, 0.717) is 10.7 Å². The van der Waals surface area contributed by atoms with Crippen LogP contribution in [-0.2, 0) is 25.7 Å². The highest BCUT2D eigenvalue weighted by atomic mass is 32.2. The van der Waals surface area contributed by atoms with Gasteiger partial charge in [0.05, 0.1) is 12.3 Å².